The molecule has 5 heteroatoms. The smallest absolute Gasteiger partial charge is 0.298 e. The zero-order chi connectivity index (χ0) is 16.5. The van der Waals surface area contributed by atoms with E-state index in [4.69, 9.17) is 9.15 Å². The fourth-order valence-corrected chi connectivity index (χ4v) is 3.18. The third-order valence-corrected chi connectivity index (χ3v) is 4.39. The molecule has 124 valence electrons. The molecule has 0 amide bonds. The maximum Gasteiger partial charge on any atom is 0.298 e. The van der Waals surface area contributed by atoms with E-state index in [0.29, 0.717) is 6.01 Å². The zero-order valence-electron chi connectivity index (χ0n) is 14.0. The van der Waals surface area contributed by atoms with Gasteiger partial charge in [0, 0.05) is 13.6 Å². The molecule has 2 aromatic carbocycles. The monoisotopic (exact) mass is 323 g/mol. The van der Waals surface area contributed by atoms with Gasteiger partial charge in [0.1, 0.15) is 17.4 Å². The molecule has 0 bridgehead atoms. The summed E-state index contributed by atoms with van der Waals surface area (Å²) < 4.78 is 12.0. The molecule has 0 unspecified atom stereocenters. The lowest BCUT2D eigenvalue weighted by Gasteiger charge is -2.36. The highest BCUT2D eigenvalue weighted by molar-refractivity contribution is 5.74. The van der Waals surface area contributed by atoms with Crippen molar-refractivity contribution in [1.29, 1.82) is 0 Å². The predicted molar refractivity (Wildman–Crippen MR) is 96.0 cm³/mol. The Bertz CT molecular complexity index is 812. The summed E-state index contributed by atoms with van der Waals surface area (Å²) in [6, 6.07) is 16.7. The van der Waals surface area contributed by atoms with Crippen molar-refractivity contribution in [2.24, 2.45) is 0 Å². The fourth-order valence-electron chi connectivity index (χ4n) is 3.18. The first kappa shape index (κ1) is 14.9. The molecule has 0 aliphatic carbocycles. The molecule has 1 atom stereocenters. The van der Waals surface area contributed by atoms with Gasteiger partial charge in [-0.2, -0.15) is 4.98 Å². The first-order valence-electron chi connectivity index (χ1n) is 8.32. The Balaban J connectivity index is 1.52. The summed E-state index contributed by atoms with van der Waals surface area (Å²) in [4.78, 5) is 8.92. The van der Waals surface area contributed by atoms with Gasteiger partial charge in [0.25, 0.3) is 6.01 Å². The molecule has 24 heavy (non-hydrogen) atoms. The third-order valence-electron chi connectivity index (χ3n) is 4.39. The molecular formula is C19H21N3O2. The fraction of sp³-hybridized carbons (Fsp3) is 0.316. The number of para-hydroxylation sites is 4. The van der Waals surface area contributed by atoms with E-state index in [2.05, 4.69) is 28.9 Å². The number of rotatable bonds is 4. The van der Waals surface area contributed by atoms with Gasteiger partial charge in [-0.1, -0.05) is 24.3 Å². The van der Waals surface area contributed by atoms with Crippen LogP contribution in [0.1, 0.15) is 6.92 Å². The van der Waals surface area contributed by atoms with Crippen molar-refractivity contribution < 1.29 is 9.15 Å². The van der Waals surface area contributed by atoms with E-state index in [1.54, 1.807) is 0 Å². The molecule has 1 aliphatic heterocycles. The molecule has 0 N–H and O–H groups in total. The normalized spacial score (nSPS) is 16.8. The van der Waals surface area contributed by atoms with Crippen molar-refractivity contribution in [1.82, 2.24) is 4.98 Å². The molecule has 2 heterocycles. The van der Waals surface area contributed by atoms with E-state index in [1.807, 2.05) is 48.3 Å². The number of hydrogen-bond donors (Lipinski definition) is 0. The van der Waals surface area contributed by atoms with Gasteiger partial charge in [0.2, 0.25) is 0 Å². The first-order chi connectivity index (χ1) is 11.7. The summed E-state index contributed by atoms with van der Waals surface area (Å²) in [5.74, 6) is 0.946. The third kappa shape index (κ3) is 2.66. The Morgan fingerprint density at radius 2 is 1.96 bits per heavy atom. The van der Waals surface area contributed by atoms with Crippen LogP contribution in [-0.2, 0) is 0 Å². The van der Waals surface area contributed by atoms with E-state index in [9.17, 15) is 0 Å². The number of hydrogen-bond acceptors (Lipinski definition) is 5. The average Bonchev–Trinajstić information content (AvgIpc) is 3.05. The number of fused-ring (bicyclic) bond motifs is 2. The van der Waals surface area contributed by atoms with Crippen LogP contribution in [0.3, 0.4) is 0 Å². The molecule has 0 spiro atoms. The maximum absolute atomic E-state index is 6.18. The first-order valence-corrected chi connectivity index (χ1v) is 8.32. The van der Waals surface area contributed by atoms with Crippen LogP contribution in [0.15, 0.2) is 52.9 Å². The van der Waals surface area contributed by atoms with Gasteiger partial charge in [-0.25, -0.2) is 0 Å². The predicted octanol–water partition coefficient (Wildman–Crippen LogP) is 3.55. The lowest BCUT2D eigenvalue weighted by molar-refractivity contribution is 0.198. The Morgan fingerprint density at radius 3 is 2.79 bits per heavy atom. The standard InChI is InChI=1S/C19H21N3O2/c1-3-22-13-14(23-18-11-7-5-9-16(18)22)12-21(2)19-20-15-8-4-6-10-17(15)24-19/h4-11,14H,3,12-13H2,1-2H3/t14-/m1/s1. The second kappa shape index (κ2) is 6.07. The van der Waals surface area contributed by atoms with Crippen molar-refractivity contribution in [3.8, 4) is 5.75 Å². The highest BCUT2D eigenvalue weighted by Gasteiger charge is 2.26. The summed E-state index contributed by atoms with van der Waals surface area (Å²) in [5.41, 5.74) is 2.86. The van der Waals surface area contributed by atoms with Crippen LogP contribution in [0.5, 0.6) is 5.75 Å². The van der Waals surface area contributed by atoms with Crippen LogP contribution in [-0.4, -0.2) is 37.8 Å². The minimum Gasteiger partial charge on any atom is -0.485 e. The van der Waals surface area contributed by atoms with Crippen LogP contribution >= 0.6 is 0 Å². The molecule has 0 saturated heterocycles. The number of ether oxygens (including phenoxy) is 1. The molecule has 0 radical (unpaired) electrons. The van der Waals surface area contributed by atoms with Crippen LogP contribution in [0.2, 0.25) is 0 Å². The summed E-state index contributed by atoms with van der Waals surface area (Å²) in [6.07, 6.45) is 0.0693. The number of aromatic nitrogens is 1. The molecule has 4 rings (SSSR count). The molecule has 0 saturated carbocycles. The molecule has 1 aromatic heterocycles. The van der Waals surface area contributed by atoms with Crippen molar-refractivity contribution in [2.45, 2.75) is 13.0 Å². The maximum atomic E-state index is 6.18. The Labute approximate surface area is 141 Å². The van der Waals surface area contributed by atoms with Gasteiger partial charge in [0.15, 0.2) is 5.58 Å². The van der Waals surface area contributed by atoms with Crippen LogP contribution in [0.4, 0.5) is 11.7 Å². The Hall–Kier alpha value is -2.69. The van der Waals surface area contributed by atoms with Gasteiger partial charge in [-0.3, -0.25) is 0 Å². The van der Waals surface area contributed by atoms with Crippen molar-refractivity contribution in [3.63, 3.8) is 0 Å². The quantitative estimate of drug-likeness (QED) is 0.734. The number of likely N-dealkylation sites (N-methyl/N-ethyl adjacent to an activating group) is 2. The van der Waals surface area contributed by atoms with Crippen molar-refractivity contribution in [2.75, 3.05) is 36.5 Å². The SMILES string of the molecule is CCN1C[C@@H](CN(C)c2nc3ccccc3o2)Oc2ccccc21. The van der Waals surface area contributed by atoms with Crippen LogP contribution in [0, 0.1) is 0 Å². The lowest BCUT2D eigenvalue weighted by atomic mass is 10.2. The number of anilines is 2. The second-order valence-electron chi connectivity index (χ2n) is 6.09. The highest BCUT2D eigenvalue weighted by atomic mass is 16.5. The minimum atomic E-state index is 0.0693. The van der Waals surface area contributed by atoms with Crippen LogP contribution < -0.4 is 14.5 Å². The topological polar surface area (TPSA) is 41.7 Å². The lowest BCUT2D eigenvalue weighted by Crippen LogP contribution is -2.45. The van der Waals surface area contributed by atoms with E-state index >= 15 is 0 Å². The van der Waals surface area contributed by atoms with Gasteiger partial charge >= 0.3 is 0 Å². The number of oxazole rings is 1. The van der Waals surface area contributed by atoms with Gasteiger partial charge in [-0.15, -0.1) is 0 Å². The van der Waals surface area contributed by atoms with E-state index < -0.39 is 0 Å². The largest absolute Gasteiger partial charge is 0.485 e. The summed E-state index contributed by atoms with van der Waals surface area (Å²) >= 11 is 0. The number of benzene rings is 2. The van der Waals surface area contributed by atoms with Gasteiger partial charge in [0.05, 0.1) is 18.8 Å². The number of nitrogens with zero attached hydrogens (tertiary/aromatic N) is 3. The molecule has 0 fully saturated rings. The van der Waals surface area contributed by atoms with E-state index in [1.165, 1.54) is 5.69 Å². The van der Waals surface area contributed by atoms with Gasteiger partial charge < -0.3 is 19.0 Å². The van der Waals surface area contributed by atoms with E-state index in [0.717, 1.165) is 36.5 Å². The Morgan fingerprint density at radius 1 is 1.17 bits per heavy atom. The van der Waals surface area contributed by atoms with E-state index in [-0.39, 0.29) is 6.10 Å². The summed E-state index contributed by atoms with van der Waals surface area (Å²) in [5, 5.41) is 0. The summed E-state index contributed by atoms with van der Waals surface area (Å²) in [6.45, 7) is 4.71. The molecular weight excluding hydrogens is 302 g/mol. The average molecular weight is 323 g/mol. The van der Waals surface area contributed by atoms with Crippen molar-refractivity contribution >= 4 is 22.8 Å². The van der Waals surface area contributed by atoms with Crippen molar-refractivity contribution in [3.05, 3.63) is 48.5 Å². The minimum absolute atomic E-state index is 0.0693. The molecule has 1 aliphatic rings. The zero-order valence-corrected chi connectivity index (χ0v) is 14.0. The second-order valence-corrected chi connectivity index (χ2v) is 6.09. The Kier molecular flexibility index (Phi) is 3.76. The molecule has 3 aromatic rings. The van der Waals surface area contributed by atoms with Crippen LogP contribution in [0.25, 0.3) is 11.1 Å². The molecule has 5 nitrogen and oxygen atoms in total. The summed E-state index contributed by atoms with van der Waals surface area (Å²) in [7, 11) is 1.99. The highest BCUT2D eigenvalue weighted by Crippen LogP contribution is 2.33. The van der Waals surface area contributed by atoms with Gasteiger partial charge in [-0.05, 0) is 31.2 Å².